The van der Waals surface area contributed by atoms with E-state index in [0.29, 0.717) is 6.42 Å². The Kier molecular flexibility index (Phi) is 9.01. The van der Waals surface area contributed by atoms with Gasteiger partial charge in [0.25, 0.3) is 0 Å². The van der Waals surface area contributed by atoms with Gasteiger partial charge in [0.15, 0.2) is 6.04 Å². The molecule has 1 amide bonds. The van der Waals surface area contributed by atoms with E-state index in [1.807, 2.05) is 91.9 Å². The predicted molar refractivity (Wildman–Crippen MR) is 143 cm³/mol. The van der Waals surface area contributed by atoms with Crippen molar-refractivity contribution in [1.29, 1.82) is 0 Å². The van der Waals surface area contributed by atoms with Gasteiger partial charge in [0.05, 0.1) is 18.9 Å². The van der Waals surface area contributed by atoms with E-state index in [1.165, 1.54) is 7.11 Å². The van der Waals surface area contributed by atoms with E-state index in [1.54, 1.807) is 20.8 Å². The van der Waals surface area contributed by atoms with Crippen LogP contribution in [0.15, 0.2) is 89.9 Å². The third-order valence-electron chi connectivity index (χ3n) is 5.56. The molecule has 0 aliphatic heterocycles. The lowest BCUT2D eigenvalue weighted by Gasteiger charge is -2.26. The largest absolute Gasteiger partial charge is 0.467 e. The maximum atomic E-state index is 12.7. The van der Waals surface area contributed by atoms with Crippen molar-refractivity contribution in [3.63, 3.8) is 0 Å². The molecular weight excluding hydrogens is 452 g/mol. The van der Waals surface area contributed by atoms with Gasteiger partial charge < -0.3 is 14.8 Å². The van der Waals surface area contributed by atoms with Crippen molar-refractivity contribution in [2.45, 2.75) is 51.8 Å². The van der Waals surface area contributed by atoms with Crippen LogP contribution in [0.1, 0.15) is 45.2 Å². The molecule has 2 atom stereocenters. The van der Waals surface area contributed by atoms with E-state index < -0.39 is 29.7 Å². The van der Waals surface area contributed by atoms with Gasteiger partial charge >= 0.3 is 12.1 Å². The van der Waals surface area contributed by atoms with Gasteiger partial charge in [0.1, 0.15) is 5.60 Å². The van der Waals surface area contributed by atoms with Crippen LogP contribution in [-0.4, -0.2) is 42.6 Å². The second-order valence-corrected chi connectivity index (χ2v) is 9.35. The third-order valence-corrected chi connectivity index (χ3v) is 5.56. The van der Waals surface area contributed by atoms with Crippen LogP contribution in [0.25, 0.3) is 11.1 Å². The summed E-state index contributed by atoms with van der Waals surface area (Å²) < 4.78 is 10.4. The number of nitrogens with one attached hydrogen (secondary N) is 1. The van der Waals surface area contributed by atoms with Crippen molar-refractivity contribution in [1.82, 2.24) is 5.32 Å². The number of carbonyl (C=O) groups is 2. The first-order chi connectivity index (χ1) is 17.2. The minimum atomic E-state index is -0.901. The van der Waals surface area contributed by atoms with Crippen LogP contribution in [0.3, 0.4) is 0 Å². The molecule has 188 valence electrons. The summed E-state index contributed by atoms with van der Waals surface area (Å²) in [7, 11) is 1.33. The van der Waals surface area contributed by atoms with E-state index in [-0.39, 0.29) is 0 Å². The Morgan fingerprint density at radius 1 is 0.806 bits per heavy atom. The summed E-state index contributed by atoms with van der Waals surface area (Å²) in [5, 5.41) is 2.79. The number of benzene rings is 3. The molecule has 1 aliphatic rings. The molecule has 0 aromatic heterocycles. The molecule has 1 aliphatic carbocycles. The molecule has 3 aromatic rings. The van der Waals surface area contributed by atoms with E-state index in [9.17, 15) is 9.59 Å². The molecule has 6 nitrogen and oxygen atoms in total. The Morgan fingerprint density at radius 3 is 1.64 bits per heavy atom. The summed E-state index contributed by atoms with van der Waals surface area (Å²) in [6.07, 6.45) is -0.102. The van der Waals surface area contributed by atoms with Gasteiger partial charge in [-0.05, 0) is 38.3 Å². The van der Waals surface area contributed by atoms with Crippen molar-refractivity contribution in [2.75, 3.05) is 7.11 Å². The molecule has 0 saturated carbocycles. The summed E-state index contributed by atoms with van der Waals surface area (Å²) in [5.74, 6) is -0.507. The topological polar surface area (TPSA) is 77.0 Å². The SMILES string of the molecule is CCC(NC(=O)OC(C)(C)C)C(N=C1c2ccccc2-c2ccccc21)C(=O)OC.c1ccccc1. The van der Waals surface area contributed by atoms with Crippen molar-refractivity contribution in [3.8, 4) is 11.1 Å². The average molecular weight is 487 g/mol. The molecule has 0 heterocycles. The lowest BCUT2D eigenvalue weighted by atomic mass is 10.0. The van der Waals surface area contributed by atoms with E-state index in [0.717, 1.165) is 28.0 Å². The standard InChI is InChI=1S/C24H28N2O4.C6H6/c1-6-19(25-23(28)30-24(2,3)4)21(22(27)29-5)26-20-17-13-9-7-11-15(17)16-12-8-10-14-18(16)20;1-2-4-6-5-3-1/h7-14,19,21H,6H2,1-5H3,(H,25,28);1-6H. The molecule has 3 aromatic carbocycles. The minimum absolute atomic E-state index is 0.485. The fourth-order valence-corrected chi connectivity index (χ4v) is 3.95. The zero-order chi connectivity index (χ0) is 26.1. The number of rotatable bonds is 5. The van der Waals surface area contributed by atoms with E-state index in [4.69, 9.17) is 14.5 Å². The highest BCUT2D eigenvalue weighted by Crippen LogP contribution is 2.37. The number of nitrogens with zero attached hydrogens (tertiary/aromatic N) is 1. The Bertz CT molecular complexity index is 1120. The molecule has 0 spiro atoms. The zero-order valence-electron chi connectivity index (χ0n) is 21.5. The average Bonchev–Trinajstić information content (AvgIpc) is 3.19. The van der Waals surface area contributed by atoms with Crippen LogP contribution < -0.4 is 5.32 Å². The predicted octanol–water partition coefficient (Wildman–Crippen LogP) is 6.04. The normalized spacial score (nSPS) is 13.2. The van der Waals surface area contributed by atoms with Crippen LogP contribution >= 0.6 is 0 Å². The highest BCUT2D eigenvalue weighted by Gasteiger charge is 2.33. The number of ether oxygens (including phenoxy) is 2. The van der Waals surface area contributed by atoms with Gasteiger partial charge in [-0.25, -0.2) is 9.59 Å². The molecule has 2 unspecified atom stereocenters. The molecule has 1 N–H and O–H groups in total. The number of carbonyl (C=O) groups excluding carboxylic acids is 2. The van der Waals surface area contributed by atoms with Crippen molar-refractivity contribution in [3.05, 3.63) is 96.1 Å². The Labute approximate surface area is 213 Å². The maximum Gasteiger partial charge on any atom is 0.407 e. The van der Waals surface area contributed by atoms with E-state index in [2.05, 4.69) is 5.32 Å². The lowest BCUT2D eigenvalue weighted by Crippen LogP contribution is -2.48. The van der Waals surface area contributed by atoms with Crippen molar-refractivity contribution < 1.29 is 19.1 Å². The fraction of sp³-hybridized carbons (Fsp3) is 0.300. The van der Waals surface area contributed by atoms with Crippen LogP contribution in [0.5, 0.6) is 0 Å². The molecule has 0 fully saturated rings. The number of alkyl carbamates (subject to hydrolysis) is 1. The number of hydrogen-bond donors (Lipinski definition) is 1. The van der Waals surface area contributed by atoms with Gasteiger partial charge in [-0.3, -0.25) is 4.99 Å². The van der Waals surface area contributed by atoms with Gasteiger partial charge in [0, 0.05) is 11.1 Å². The molecule has 36 heavy (non-hydrogen) atoms. The Balaban J connectivity index is 0.000000526. The van der Waals surface area contributed by atoms with Gasteiger partial charge in [-0.1, -0.05) is 91.9 Å². The third kappa shape index (κ3) is 6.81. The summed E-state index contributed by atoms with van der Waals surface area (Å²) in [5.41, 5.74) is 4.14. The Hall–Kier alpha value is -3.93. The van der Waals surface area contributed by atoms with Gasteiger partial charge in [-0.15, -0.1) is 0 Å². The van der Waals surface area contributed by atoms with Crippen molar-refractivity contribution >= 4 is 17.8 Å². The van der Waals surface area contributed by atoms with Gasteiger partial charge in [0.2, 0.25) is 0 Å². The molecule has 0 bridgehead atoms. The highest BCUT2D eigenvalue weighted by molar-refractivity contribution is 6.24. The fourth-order valence-electron chi connectivity index (χ4n) is 3.95. The molecule has 0 radical (unpaired) electrons. The first-order valence-electron chi connectivity index (χ1n) is 12.1. The number of hydrogen-bond acceptors (Lipinski definition) is 5. The number of esters is 1. The summed E-state index contributed by atoms with van der Waals surface area (Å²) >= 11 is 0. The number of fused-ring (bicyclic) bond motifs is 3. The maximum absolute atomic E-state index is 12.7. The number of methoxy groups -OCH3 is 1. The molecule has 6 heteroatoms. The van der Waals surface area contributed by atoms with Gasteiger partial charge in [-0.2, -0.15) is 0 Å². The van der Waals surface area contributed by atoms with Crippen LogP contribution in [-0.2, 0) is 14.3 Å². The minimum Gasteiger partial charge on any atom is -0.467 e. The van der Waals surface area contributed by atoms with Crippen molar-refractivity contribution in [2.24, 2.45) is 4.99 Å². The summed E-state index contributed by atoms with van der Waals surface area (Å²) in [4.78, 5) is 29.8. The Morgan fingerprint density at radius 2 is 1.25 bits per heavy atom. The number of amides is 1. The zero-order valence-corrected chi connectivity index (χ0v) is 21.5. The van der Waals surface area contributed by atoms with Crippen LogP contribution in [0, 0.1) is 0 Å². The molecule has 0 saturated heterocycles. The molecule has 4 rings (SSSR count). The summed E-state index contributed by atoms with van der Waals surface area (Å²) in [6.45, 7) is 7.25. The first kappa shape index (κ1) is 26.7. The summed E-state index contributed by atoms with van der Waals surface area (Å²) in [6, 6.07) is 26.5. The second kappa shape index (κ2) is 12.2. The second-order valence-electron chi connectivity index (χ2n) is 9.35. The highest BCUT2D eigenvalue weighted by atomic mass is 16.6. The van der Waals surface area contributed by atoms with E-state index >= 15 is 0 Å². The monoisotopic (exact) mass is 486 g/mol. The smallest absolute Gasteiger partial charge is 0.407 e. The molecular formula is C30H34N2O4. The quantitative estimate of drug-likeness (QED) is 0.349. The van der Waals surface area contributed by atoms with Crippen LogP contribution in [0.4, 0.5) is 4.79 Å². The first-order valence-corrected chi connectivity index (χ1v) is 12.1. The number of aliphatic imine (C=N–C) groups is 1. The van der Waals surface area contributed by atoms with Crippen LogP contribution in [0.2, 0.25) is 0 Å². The lowest BCUT2D eigenvalue weighted by molar-refractivity contribution is -0.142.